The van der Waals surface area contributed by atoms with Crippen molar-refractivity contribution in [3.8, 4) is 0 Å². The Morgan fingerprint density at radius 3 is 1.48 bits per heavy atom. The molecule has 9 unspecified atom stereocenters. The number of rotatable bonds is 41. The summed E-state index contributed by atoms with van der Waals surface area (Å²) in [6, 6.07) is -1.19. The van der Waals surface area contributed by atoms with Crippen LogP contribution < -0.4 is 5.32 Å². The Labute approximate surface area is 371 Å². The number of aliphatic hydroxyl groups excluding tert-OH is 7. The fourth-order valence-electron chi connectivity index (χ4n) is 7.74. The highest BCUT2D eigenvalue weighted by molar-refractivity contribution is 5.80. The third kappa shape index (κ3) is 29.4. The number of hydrogen-bond acceptors (Lipinski definition) is 10. The molecule has 61 heavy (non-hydrogen) atoms. The Morgan fingerprint density at radius 2 is 0.984 bits per heavy atom. The molecule has 358 valence electrons. The van der Waals surface area contributed by atoms with Crippen molar-refractivity contribution in [2.24, 2.45) is 0 Å². The summed E-state index contributed by atoms with van der Waals surface area (Å²) in [6.07, 6.45) is 34.8. The van der Waals surface area contributed by atoms with Crippen LogP contribution in [0.3, 0.4) is 0 Å². The van der Waals surface area contributed by atoms with Gasteiger partial charge in [0.2, 0.25) is 5.91 Å². The molecule has 1 amide bonds. The van der Waals surface area contributed by atoms with E-state index in [4.69, 9.17) is 9.47 Å². The molecule has 9 atom stereocenters. The Balaban J connectivity index is 2.45. The van der Waals surface area contributed by atoms with Gasteiger partial charge in [0, 0.05) is 0 Å². The summed E-state index contributed by atoms with van der Waals surface area (Å²) < 4.78 is 11.1. The lowest BCUT2D eigenvalue weighted by molar-refractivity contribution is -0.303. The van der Waals surface area contributed by atoms with Crippen LogP contribution in [0.25, 0.3) is 0 Å². The Morgan fingerprint density at radius 1 is 0.557 bits per heavy atom. The van der Waals surface area contributed by atoms with Gasteiger partial charge in [-0.1, -0.05) is 166 Å². The molecule has 0 spiro atoms. The molecule has 11 heteroatoms. The summed E-state index contributed by atoms with van der Waals surface area (Å²) in [4.78, 5) is 13.1. The van der Waals surface area contributed by atoms with E-state index in [-0.39, 0.29) is 12.8 Å². The molecule has 8 N–H and O–H groups in total. The average Bonchev–Trinajstić information content (AvgIpc) is 3.26. The molecule has 1 aliphatic rings. The van der Waals surface area contributed by atoms with E-state index >= 15 is 0 Å². The van der Waals surface area contributed by atoms with E-state index in [2.05, 4.69) is 55.6 Å². The molecule has 0 saturated carbocycles. The summed E-state index contributed by atoms with van der Waals surface area (Å²) in [5.41, 5.74) is 0. The van der Waals surface area contributed by atoms with Gasteiger partial charge in [-0.2, -0.15) is 0 Å². The second-order valence-corrected chi connectivity index (χ2v) is 17.5. The minimum absolute atomic E-state index is 0.243. The molecule has 11 nitrogen and oxygen atoms in total. The first-order chi connectivity index (χ1) is 29.7. The maximum Gasteiger partial charge on any atom is 0.249 e. The summed E-state index contributed by atoms with van der Waals surface area (Å²) in [7, 11) is 0. The molecule has 0 aromatic carbocycles. The van der Waals surface area contributed by atoms with Crippen LogP contribution in [0.2, 0.25) is 0 Å². The lowest BCUT2D eigenvalue weighted by Gasteiger charge is -2.40. The first-order valence-corrected chi connectivity index (χ1v) is 24.9. The van der Waals surface area contributed by atoms with Gasteiger partial charge in [0.25, 0.3) is 0 Å². The van der Waals surface area contributed by atoms with Crippen LogP contribution >= 0.6 is 0 Å². The fraction of sp³-hybridized carbons (Fsp3) is 0.860. The SMILES string of the molecule is CCCCCC/C=C\CCCCCCCCC(O)C(=O)NC(COC1OC(CO)C(O)C(O)C1O)C(O)C(O)CCC/C=C/CC/C=C/CCCCCCCCCCCCC. The zero-order chi connectivity index (χ0) is 44.8. The van der Waals surface area contributed by atoms with Crippen molar-refractivity contribution >= 4 is 5.91 Å². The van der Waals surface area contributed by atoms with Crippen molar-refractivity contribution in [3.05, 3.63) is 36.5 Å². The highest BCUT2D eigenvalue weighted by Crippen LogP contribution is 2.23. The van der Waals surface area contributed by atoms with Crippen molar-refractivity contribution < 1.29 is 50.0 Å². The van der Waals surface area contributed by atoms with Crippen LogP contribution in [0.4, 0.5) is 0 Å². The number of carbonyl (C=O) groups excluding carboxylic acids is 1. The summed E-state index contributed by atoms with van der Waals surface area (Å²) >= 11 is 0. The number of aliphatic hydroxyl groups is 7. The summed E-state index contributed by atoms with van der Waals surface area (Å²) in [5, 5.41) is 75.7. The first-order valence-electron chi connectivity index (χ1n) is 24.9. The average molecular weight is 868 g/mol. The highest BCUT2D eigenvalue weighted by atomic mass is 16.7. The zero-order valence-electron chi connectivity index (χ0n) is 38.6. The van der Waals surface area contributed by atoms with Gasteiger partial charge >= 0.3 is 0 Å². The van der Waals surface area contributed by atoms with Crippen molar-refractivity contribution in [3.63, 3.8) is 0 Å². The van der Waals surface area contributed by atoms with Gasteiger partial charge < -0.3 is 50.5 Å². The first kappa shape index (κ1) is 57.3. The van der Waals surface area contributed by atoms with Crippen LogP contribution in [0.5, 0.6) is 0 Å². The molecular formula is C50H93NO10. The summed E-state index contributed by atoms with van der Waals surface area (Å²) in [5.74, 6) is -0.717. The molecule has 1 heterocycles. The van der Waals surface area contributed by atoms with Crippen LogP contribution in [0, 0.1) is 0 Å². The van der Waals surface area contributed by atoms with Gasteiger partial charge in [0.1, 0.15) is 36.6 Å². The van der Waals surface area contributed by atoms with Crippen LogP contribution in [0.1, 0.15) is 206 Å². The van der Waals surface area contributed by atoms with Crippen molar-refractivity contribution in [2.45, 2.75) is 262 Å². The topological polar surface area (TPSA) is 189 Å². The number of allylic oxidation sites excluding steroid dienone is 6. The lowest BCUT2D eigenvalue weighted by Crippen LogP contribution is -2.60. The molecule has 1 aliphatic heterocycles. The van der Waals surface area contributed by atoms with Gasteiger partial charge in [0.05, 0.1) is 25.4 Å². The van der Waals surface area contributed by atoms with E-state index in [1.54, 1.807) is 0 Å². The number of hydrogen-bond donors (Lipinski definition) is 8. The lowest BCUT2D eigenvalue weighted by atomic mass is 9.98. The molecule has 1 rings (SSSR count). The molecule has 0 aromatic rings. The monoisotopic (exact) mass is 868 g/mol. The normalized spacial score (nSPS) is 21.8. The number of carbonyl (C=O) groups is 1. The second-order valence-electron chi connectivity index (χ2n) is 17.5. The molecular weight excluding hydrogens is 775 g/mol. The zero-order valence-corrected chi connectivity index (χ0v) is 38.6. The van der Waals surface area contributed by atoms with Gasteiger partial charge in [-0.05, 0) is 77.0 Å². The van der Waals surface area contributed by atoms with Crippen LogP contribution in [0.15, 0.2) is 36.5 Å². The van der Waals surface area contributed by atoms with Crippen molar-refractivity contribution in [2.75, 3.05) is 13.2 Å². The van der Waals surface area contributed by atoms with Gasteiger partial charge in [-0.25, -0.2) is 0 Å². The predicted octanol–water partition coefficient (Wildman–Crippen LogP) is 8.78. The van der Waals surface area contributed by atoms with Gasteiger partial charge in [-0.3, -0.25) is 4.79 Å². The number of nitrogens with one attached hydrogen (secondary N) is 1. The minimum atomic E-state index is -1.67. The Bertz CT molecular complexity index is 1090. The number of ether oxygens (including phenoxy) is 2. The van der Waals surface area contributed by atoms with E-state index in [0.717, 1.165) is 64.2 Å². The van der Waals surface area contributed by atoms with E-state index in [9.17, 15) is 40.5 Å². The molecule has 1 fully saturated rings. The Hall–Kier alpha value is -1.67. The predicted molar refractivity (Wildman–Crippen MR) is 247 cm³/mol. The van der Waals surface area contributed by atoms with Crippen molar-refractivity contribution in [1.82, 2.24) is 5.32 Å². The number of amides is 1. The largest absolute Gasteiger partial charge is 0.394 e. The standard InChI is InChI=1S/C50H93NO10/c1-3-5-7-9-11-13-15-17-19-20-21-22-23-24-26-27-29-31-33-35-37-42(53)45(55)41(40-60-50-48(58)47(57)46(56)44(39-52)61-50)51-49(59)43(54)38-36-34-32-30-28-25-18-16-14-12-10-8-6-4-2/h14,16,23-24,29,31,41-48,50,52-58H,3-13,15,17-22,25-28,30,32-40H2,1-2H3,(H,51,59)/b16-14-,24-23+,31-29+. The maximum absolute atomic E-state index is 13.1. The summed E-state index contributed by atoms with van der Waals surface area (Å²) in [6.45, 7) is 3.40. The molecule has 0 radical (unpaired) electrons. The highest BCUT2D eigenvalue weighted by Gasteiger charge is 2.44. The quantitative estimate of drug-likeness (QED) is 0.0218. The smallest absolute Gasteiger partial charge is 0.249 e. The maximum atomic E-state index is 13.1. The second kappa shape index (κ2) is 39.9. The molecule has 1 saturated heterocycles. The molecule has 0 bridgehead atoms. The third-order valence-electron chi connectivity index (χ3n) is 11.9. The van der Waals surface area contributed by atoms with Crippen LogP contribution in [-0.2, 0) is 14.3 Å². The number of unbranched alkanes of at least 4 members (excludes halogenated alkanes) is 23. The van der Waals surface area contributed by atoms with E-state index < -0.39 is 74.2 Å². The Kier molecular flexibility index (Phi) is 37.5. The molecule has 0 aliphatic carbocycles. The molecule has 0 aromatic heterocycles. The van der Waals surface area contributed by atoms with Crippen molar-refractivity contribution in [1.29, 1.82) is 0 Å². The van der Waals surface area contributed by atoms with Crippen LogP contribution in [-0.4, -0.2) is 110 Å². The minimum Gasteiger partial charge on any atom is -0.394 e. The third-order valence-corrected chi connectivity index (χ3v) is 11.9. The van der Waals surface area contributed by atoms with Gasteiger partial charge in [0.15, 0.2) is 6.29 Å². The van der Waals surface area contributed by atoms with E-state index in [1.165, 1.54) is 96.3 Å². The van der Waals surface area contributed by atoms with E-state index in [1.807, 2.05) is 0 Å². The fourth-order valence-corrected chi connectivity index (χ4v) is 7.74. The van der Waals surface area contributed by atoms with E-state index in [0.29, 0.717) is 19.3 Å². The van der Waals surface area contributed by atoms with Gasteiger partial charge in [-0.15, -0.1) is 0 Å².